The molecule has 0 aliphatic rings. The molecule has 8 heteroatoms. The van der Waals surface area contributed by atoms with Crippen molar-refractivity contribution in [3.05, 3.63) is 39.9 Å². The Labute approximate surface area is 124 Å². The minimum Gasteiger partial charge on any atom is -0.262 e. The topological polar surface area (TPSA) is 64.8 Å². The maximum absolute atomic E-state index is 11.5. The third-order valence-corrected chi connectivity index (χ3v) is 4.67. The second-order valence-corrected chi connectivity index (χ2v) is 7.48. The van der Waals surface area contributed by atoms with E-state index in [9.17, 15) is 8.42 Å². The van der Waals surface area contributed by atoms with Crippen LogP contribution in [0.15, 0.2) is 27.7 Å². The Morgan fingerprint density at radius 2 is 2.05 bits per heavy atom. The first-order chi connectivity index (χ1) is 8.79. The maximum Gasteiger partial charge on any atom is 0.264 e. The molecule has 0 saturated carbocycles. The molecule has 0 amide bonds. The van der Waals surface area contributed by atoms with Gasteiger partial charge in [0.25, 0.3) is 9.05 Å². The van der Waals surface area contributed by atoms with Crippen molar-refractivity contribution in [3.8, 4) is 0 Å². The highest BCUT2D eigenvalue weighted by Crippen LogP contribution is 2.23. The molecule has 0 aliphatic heterocycles. The highest BCUT2D eigenvalue weighted by molar-refractivity contribution is 9.10. The summed E-state index contributed by atoms with van der Waals surface area (Å²) in [5.41, 5.74) is 1.69. The number of hydrogen-bond acceptors (Lipinski definition) is 4. The van der Waals surface area contributed by atoms with E-state index in [1.54, 1.807) is 24.7 Å². The molecule has 2 heterocycles. The van der Waals surface area contributed by atoms with Crippen molar-refractivity contribution in [2.24, 2.45) is 0 Å². The number of aromatic nitrogens is 3. The van der Waals surface area contributed by atoms with Crippen LogP contribution in [-0.2, 0) is 15.6 Å². The Bertz CT molecular complexity index is 710. The summed E-state index contributed by atoms with van der Waals surface area (Å²) in [6.45, 7) is 3.69. The predicted molar refractivity (Wildman–Crippen MR) is 75.8 cm³/mol. The molecule has 0 aliphatic carbocycles. The third-order valence-electron chi connectivity index (χ3n) is 2.66. The van der Waals surface area contributed by atoms with E-state index in [2.05, 4.69) is 26.0 Å². The van der Waals surface area contributed by atoms with Crippen molar-refractivity contribution in [2.75, 3.05) is 0 Å². The summed E-state index contributed by atoms with van der Waals surface area (Å²) < 4.78 is 25.4. The molecular weight excluding hydrogens is 354 g/mol. The van der Waals surface area contributed by atoms with Crippen LogP contribution in [0.1, 0.15) is 17.1 Å². The Kier molecular flexibility index (Phi) is 3.98. The van der Waals surface area contributed by atoms with Gasteiger partial charge in [0.15, 0.2) is 0 Å². The van der Waals surface area contributed by atoms with Crippen LogP contribution in [0.5, 0.6) is 0 Å². The van der Waals surface area contributed by atoms with E-state index in [0.717, 1.165) is 10.2 Å². The number of rotatable bonds is 3. The maximum atomic E-state index is 11.5. The monoisotopic (exact) mass is 363 g/mol. The first kappa shape index (κ1) is 14.5. The van der Waals surface area contributed by atoms with Crippen molar-refractivity contribution in [1.29, 1.82) is 0 Å². The third kappa shape index (κ3) is 3.16. The molecule has 0 atom stereocenters. The van der Waals surface area contributed by atoms with E-state index in [0.29, 0.717) is 17.9 Å². The summed E-state index contributed by atoms with van der Waals surface area (Å²) in [7, 11) is 1.62. The fourth-order valence-electron chi connectivity index (χ4n) is 1.84. The first-order valence-corrected chi connectivity index (χ1v) is 8.48. The summed E-state index contributed by atoms with van der Waals surface area (Å²) >= 11 is 3.31. The second-order valence-electron chi connectivity index (χ2n) is 4.06. The Morgan fingerprint density at radius 1 is 1.37 bits per heavy atom. The smallest absolute Gasteiger partial charge is 0.262 e. The van der Waals surface area contributed by atoms with Gasteiger partial charge in [-0.3, -0.25) is 9.67 Å². The molecule has 0 radical (unpaired) electrons. The zero-order chi connectivity index (χ0) is 14.2. The molecule has 19 heavy (non-hydrogen) atoms. The van der Waals surface area contributed by atoms with Crippen LogP contribution >= 0.6 is 26.6 Å². The second kappa shape index (κ2) is 5.22. The zero-order valence-corrected chi connectivity index (χ0v) is 13.4. The van der Waals surface area contributed by atoms with Crippen LogP contribution in [0, 0.1) is 13.8 Å². The van der Waals surface area contributed by atoms with Crippen LogP contribution in [0.25, 0.3) is 0 Å². The van der Waals surface area contributed by atoms with Crippen LogP contribution in [0.3, 0.4) is 0 Å². The van der Waals surface area contributed by atoms with Gasteiger partial charge in [0, 0.05) is 21.4 Å². The average molecular weight is 365 g/mol. The van der Waals surface area contributed by atoms with Crippen LogP contribution < -0.4 is 0 Å². The molecule has 0 unspecified atom stereocenters. The fourth-order valence-corrected chi connectivity index (χ4v) is 3.60. The van der Waals surface area contributed by atoms with E-state index in [1.807, 2.05) is 12.1 Å². The molecule has 0 bridgehead atoms. The van der Waals surface area contributed by atoms with Crippen molar-refractivity contribution >= 4 is 35.7 Å². The molecule has 0 N–H and O–H groups in total. The van der Waals surface area contributed by atoms with Gasteiger partial charge >= 0.3 is 0 Å². The van der Waals surface area contributed by atoms with Gasteiger partial charge in [0.05, 0.1) is 23.6 Å². The highest BCUT2D eigenvalue weighted by Gasteiger charge is 2.22. The van der Waals surface area contributed by atoms with Gasteiger partial charge in [-0.2, -0.15) is 5.10 Å². The molecule has 5 nitrogen and oxygen atoms in total. The van der Waals surface area contributed by atoms with Gasteiger partial charge in [-0.15, -0.1) is 0 Å². The van der Waals surface area contributed by atoms with Crippen molar-refractivity contribution in [1.82, 2.24) is 14.8 Å². The van der Waals surface area contributed by atoms with E-state index in [1.165, 1.54) is 0 Å². The van der Waals surface area contributed by atoms with Crippen molar-refractivity contribution < 1.29 is 8.42 Å². The molecule has 102 valence electrons. The molecule has 2 rings (SSSR count). The Balaban J connectivity index is 2.40. The lowest BCUT2D eigenvalue weighted by atomic mass is 10.3. The Hall–Kier alpha value is -0.920. The van der Waals surface area contributed by atoms with Gasteiger partial charge in [0.2, 0.25) is 0 Å². The number of pyridine rings is 1. The van der Waals surface area contributed by atoms with Gasteiger partial charge in [-0.1, -0.05) is 0 Å². The highest BCUT2D eigenvalue weighted by atomic mass is 79.9. The van der Waals surface area contributed by atoms with Crippen molar-refractivity contribution in [2.45, 2.75) is 25.3 Å². The molecular formula is C11H11BrClN3O2S. The zero-order valence-electron chi connectivity index (χ0n) is 10.3. The fraction of sp³-hybridized carbons (Fsp3) is 0.273. The summed E-state index contributed by atoms with van der Waals surface area (Å²) in [5, 5.41) is 4.20. The molecule has 0 spiro atoms. The number of hydrogen-bond donors (Lipinski definition) is 0. The van der Waals surface area contributed by atoms with E-state index in [-0.39, 0.29) is 4.90 Å². The summed E-state index contributed by atoms with van der Waals surface area (Å²) in [6, 6.07) is 3.71. The number of aryl methyl sites for hydroxylation is 1. The predicted octanol–water partition coefficient (Wildman–Crippen LogP) is 2.63. The number of halogens is 2. The van der Waals surface area contributed by atoms with E-state index < -0.39 is 9.05 Å². The standard InChI is InChI=1S/C11H11BrClN3O2S/c1-7-11(19(13,17)18)8(2)16(15-7)6-10-4-3-9(12)5-14-10/h3-5H,6H2,1-2H3. The molecule has 2 aromatic heterocycles. The van der Waals surface area contributed by atoms with Crippen LogP contribution in [-0.4, -0.2) is 23.2 Å². The lowest BCUT2D eigenvalue weighted by Crippen LogP contribution is -2.06. The van der Waals surface area contributed by atoms with Gasteiger partial charge in [-0.25, -0.2) is 8.42 Å². The lowest BCUT2D eigenvalue weighted by molar-refractivity contribution is 0.607. The first-order valence-electron chi connectivity index (χ1n) is 5.38. The SMILES string of the molecule is Cc1nn(Cc2ccc(Br)cn2)c(C)c1S(=O)(=O)Cl. The normalized spacial score (nSPS) is 11.8. The largest absolute Gasteiger partial charge is 0.264 e. The molecule has 0 saturated heterocycles. The molecule has 2 aromatic rings. The van der Waals surface area contributed by atoms with Crippen LogP contribution in [0.4, 0.5) is 0 Å². The summed E-state index contributed by atoms with van der Waals surface area (Å²) in [5.74, 6) is 0. The van der Waals surface area contributed by atoms with Crippen molar-refractivity contribution in [3.63, 3.8) is 0 Å². The minimum atomic E-state index is -3.78. The molecule has 0 aromatic carbocycles. The van der Waals surface area contributed by atoms with Gasteiger partial charge < -0.3 is 0 Å². The minimum absolute atomic E-state index is 0.0753. The quantitative estimate of drug-likeness (QED) is 0.785. The summed E-state index contributed by atoms with van der Waals surface area (Å²) in [6.07, 6.45) is 1.68. The van der Waals surface area contributed by atoms with E-state index in [4.69, 9.17) is 10.7 Å². The lowest BCUT2D eigenvalue weighted by Gasteiger charge is -2.04. The van der Waals surface area contributed by atoms with Crippen LogP contribution in [0.2, 0.25) is 0 Å². The average Bonchev–Trinajstić information content (AvgIpc) is 2.56. The van der Waals surface area contributed by atoms with Gasteiger partial charge in [0.1, 0.15) is 4.90 Å². The molecule has 0 fully saturated rings. The summed E-state index contributed by atoms with van der Waals surface area (Å²) in [4.78, 5) is 4.30. The Morgan fingerprint density at radius 3 is 2.53 bits per heavy atom. The van der Waals surface area contributed by atoms with Gasteiger partial charge in [-0.05, 0) is 41.9 Å². The number of nitrogens with zero attached hydrogens (tertiary/aromatic N) is 3. The van der Waals surface area contributed by atoms with E-state index >= 15 is 0 Å².